The van der Waals surface area contributed by atoms with Gasteiger partial charge in [0.1, 0.15) is 0 Å². The van der Waals surface area contributed by atoms with Gasteiger partial charge in [-0.3, -0.25) is 9.69 Å². The van der Waals surface area contributed by atoms with Crippen molar-refractivity contribution < 1.29 is 24.1 Å². The van der Waals surface area contributed by atoms with Crippen molar-refractivity contribution in [1.29, 1.82) is 0 Å². The van der Waals surface area contributed by atoms with Gasteiger partial charge in [-0.25, -0.2) is 0 Å². The van der Waals surface area contributed by atoms with Gasteiger partial charge in [-0.05, 0) is 12.1 Å². The fourth-order valence-electron chi connectivity index (χ4n) is 3.09. The molecule has 7 heteroatoms. The minimum absolute atomic E-state index is 0.0252. The van der Waals surface area contributed by atoms with E-state index in [0.717, 1.165) is 6.54 Å². The molecule has 2 atom stereocenters. The van der Waals surface area contributed by atoms with Gasteiger partial charge in [-0.2, -0.15) is 0 Å². The molecule has 1 aliphatic rings. The maximum Gasteiger partial charge on any atom is 0.254 e. The van der Waals surface area contributed by atoms with Crippen LogP contribution in [-0.2, 0) is 14.2 Å². The van der Waals surface area contributed by atoms with Crippen LogP contribution in [-0.4, -0.2) is 99.8 Å². The number of hydrogen-bond acceptors (Lipinski definition) is 6. The Morgan fingerprint density at radius 2 is 2.12 bits per heavy atom. The molecular formula is C19H30N2O5. The molecule has 0 saturated carbocycles. The molecule has 2 unspecified atom stereocenters. The summed E-state index contributed by atoms with van der Waals surface area (Å²) in [6.45, 7) is 4.36. The second kappa shape index (κ2) is 11.3. The highest BCUT2D eigenvalue weighted by atomic mass is 16.5. The van der Waals surface area contributed by atoms with E-state index in [4.69, 9.17) is 14.2 Å². The Bertz CT molecular complexity index is 528. The van der Waals surface area contributed by atoms with E-state index in [1.807, 2.05) is 30.3 Å². The highest BCUT2D eigenvalue weighted by Gasteiger charge is 2.26. The smallest absolute Gasteiger partial charge is 0.254 e. The first-order valence-corrected chi connectivity index (χ1v) is 8.98. The molecule has 0 bridgehead atoms. The molecule has 146 valence electrons. The maximum absolute atomic E-state index is 12.8. The predicted molar refractivity (Wildman–Crippen MR) is 98.3 cm³/mol. The van der Waals surface area contributed by atoms with Crippen molar-refractivity contribution in [1.82, 2.24) is 9.80 Å². The van der Waals surface area contributed by atoms with Crippen LogP contribution in [0.4, 0.5) is 0 Å². The Labute approximate surface area is 155 Å². The van der Waals surface area contributed by atoms with Crippen molar-refractivity contribution in [2.24, 2.45) is 0 Å². The number of benzene rings is 1. The molecule has 1 heterocycles. The maximum atomic E-state index is 12.8. The summed E-state index contributed by atoms with van der Waals surface area (Å²) in [5.74, 6) is -0.0252. The van der Waals surface area contributed by atoms with Crippen molar-refractivity contribution in [3.05, 3.63) is 35.9 Å². The standard InChI is InChI=1S/C19H30N2O5/c1-24-10-9-21(19(23)16-6-4-3-5-7-16)14-18-13-20(8-11-26-18)12-17(22)15-25-2/h3-7,17-18,22H,8-15H2,1-2H3. The summed E-state index contributed by atoms with van der Waals surface area (Å²) >= 11 is 0. The molecule has 0 spiro atoms. The Balaban J connectivity index is 1.95. The van der Waals surface area contributed by atoms with E-state index >= 15 is 0 Å². The van der Waals surface area contributed by atoms with Crippen LogP contribution in [0.5, 0.6) is 0 Å². The quantitative estimate of drug-likeness (QED) is 0.650. The number of morpholine rings is 1. The van der Waals surface area contributed by atoms with E-state index in [9.17, 15) is 9.90 Å². The number of rotatable bonds is 10. The average Bonchev–Trinajstić information content (AvgIpc) is 2.65. The first-order valence-electron chi connectivity index (χ1n) is 8.98. The van der Waals surface area contributed by atoms with Gasteiger partial charge in [-0.15, -0.1) is 0 Å². The second-order valence-electron chi connectivity index (χ2n) is 6.47. The van der Waals surface area contributed by atoms with E-state index in [1.165, 1.54) is 0 Å². The van der Waals surface area contributed by atoms with Crippen molar-refractivity contribution in [2.45, 2.75) is 12.2 Å². The second-order valence-corrected chi connectivity index (χ2v) is 6.47. The van der Waals surface area contributed by atoms with Crippen LogP contribution < -0.4 is 0 Å². The molecule has 2 rings (SSSR count). The summed E-state index contributed by atoms with van der Waals surface area (Å²) in [4.78, 5) is 16.7. The van der Waals surface area contributed by atoms with Gasteiger partial charge in [0, 0.05) is 52.5 Å². The number of carbonyl (C=O) groups excluding carboxylic acids is 1. The van der Waals surface area contributed by atoms with Gasteiger partial charge in [0.05, 0.1) is 32.0 Å². The topological polar surface area (TPSA) is 71.5 Å². The van der Waals surface area contributed by atoms with Crippen molar-refractivity contribution in [3.8, 4) is 0 Å². The zero-order valence-corrected chi connectivity index (χ0v) is 15.7. The van der Waals surface area contributed by atoms with Crippen molar-refractivity contribution >= 4 is 5.91 Å². The normalized spacial score (nSPS) is 19.3. The number of aliphatic hydroxyl groups is 1. The summed E-state index contributed by atoms with van der Waals surface area (Å²) < 4.78 is 16.0. The van der Waals surface area contributed by atoms with Gasteiger partial charge in [-0.1, -0.05) is 18.2 Å². The van der Waals surface area contributed by atoms with Gasteiger partial charge in [0.2, 0.25) is 0 Å². The lowest BCUT2D eigenvalue weighted by molar-refractivity contribution is -0.0573. The first-order chi connectivity index (χ1) is 12.6. The van der Waals surface area contributed by atoms with Crippen LogP contribution in [0, 0.1) is 0 Å². The minimum atomic E-state index is -0.519. The van der Waals surface area contributed by atoms with E-state index in [-0.39, 0.29) is 12.0 Å². The number of nitrogens with zero attached hydrogens (tertiary/aromatic N) is 2. The van der Waals surface area contributed by atoms with Gasteiger partial charge in [0.25, 0.3) is 5.91 Å². The highest BCUT2D eigenvalue weighted by Crippen LogP contribution is 2.11. The molecular weight excluding hydrogens is 336 g/mol. The summed E-state index contributed by atoms with van der Waals surface area (Å²) in [6, 6.07) is 9.24. The van der Waals surface area contributed by atoms with Crippen LogP contribution in [0.3, 0.4) is 0 Å². The number of amides is 1. The number of aliphatic hydroxyl groups excluding tert-OH is 1. The Morgan fingerprint density at radius 1 is 1.35 bits per heavy atom. The van der Waals surface area contributed by atoms with Crippen LogP contribution in [0.2, 0.25) is 0 Å². The van der Waals surface area contributed by atoms with E-state index < -0.39 is 6.10 Å². The summed E-state index contributed by atoms with van der Waals surface area (Å²) in [5.41, 5.74) is 0.659. The molecule has 1 amide bonds. The van der Waals surface area contributed by atoms with Gasteiger partial charge >= 0.3 is 0 Å². The summed E-state index contributed by atoms with van der Waals surface area (Å²) in [7, 11) is 3.20. The molecule has 1 saturated heterocycles. The average molecular weight is 366 g/mol. The molecule has 26 heavy (non-hydrogen) atoms. The van der Waals surface area contributed by atoms with E-state index in [1.54, 1.807) is 19.1 Å². The third-order valence-electron chi connectivity index (χ3n) is 4.35. The SMILES string of the molecule is COCCN(CC1CN(CC(O)COC)CCO1)C(=O)c1ccccc1. The molecule has 1 N–H and O–H groups in total. The van der Waals surface area contributed by atoms with Crippen molar-refractivity contribution in [2.75, 3.05) is 66.8 Å². The monoisotopic (exact) mass is 366 g/mol. The van der Waals surface area contributed by atoms with E-state index in [0.29, 0.717) is 51.6 Å². The number of β-amino-alcohol motifs (C(OH)–C–C–N with tert-alkyl or cyclic N) is 1. The Hall–Kier alpha value is -1.51. The highest BCUT2D eigenvalue weighted by molar-refractivity contribution is 5.94. The molecule has 0 aromatic heterocycles. The van der Waals surface area contributed by atoms with Gasteiger partial charge < -0.3 is 24.2 Å². The molecule has 1 aromatic carbocycles. The van der Waals surface area contributed by atoms with Crippen LogP contribution in [0.1, 0.15) is 10.4 Å². The Kier molecular flexibility index (Phi) is 9.00. The lowest BCUT2D eigenvalue weighted by atomic mass is 10.1. The number of hydrogen-bond donors (Lipinski definition) is 1. The van der Waals surface area contributed by atoms with Gasteiger partial charge in [0.15, 0.2) is 0 Å². The summed E-state index contributed by atoms with van der Waals surface area (Å²) in [6.07, 6.45) is -0.614. The fourth-order valence-corrected chi connectivity index (χ4v) is 3.09. The zero-order valence-electron chi connectivity index (χ0n) is 15.7. The third-order valence-corrected chi connectivity index (χ3v) is 4.35. The first kappa shape index (κ1) is 20.8. The van der Waals surface area contributed by atoms with Crippen LogP contribution in [0.25, 0.3) is 0 Å². The van der Waals surface area contributed by atoms with Crippen LogP contribution in [0.15, 0.2) is 30.3 Å². The number of ether oxygens (including phenoxy) is 3. The molecule has 0 aliphatic carbocycles. The number of carbonyl (C=O) groups is 1. The lowest BCUT2D eigenvalue weighted by Gasteiger charge is -2.36. The minimum Gasteiger partial charge on any atom is -0.389 e. The molecule has 1 fully saturated rings. The number of methoxy groups -OCH3 is 2. The molecule has 1 aromatic rings. The largest absolute Gasteiger partial charge is 0.389 e. The van der Waals surface area contributed by atoms with Crippen LogP contribution >= 0.6 is 0 Å². The predicted octanol–water partition coefficient (Wildman–Crippen LogP) is 0.483. The summed E-state index contributed by atoms with van der Waals surface area (Å²) in [5, 5.41) is 9.93. The fraction of sp³-hybridized carbons (Fsp3) is 0.632. The molecule has 7 nitrogen and oxygen atoms in total. The molecule has 0 radical (unpaired) electrons. The third kappa shape index (κ3) is 6.66. The van der Waals surface area contributed by atoms with Crippen molar-refractivity contribution in [3.63, 3.8) is 0 Å². The van der Waals surface area contributed by atoms with E-state index in [2.05, 4.69) is 4.90 Å². The Morgan fingerprint density at radius 3 is 2.81 bits per heavy atom. The lowest BCUT2D eigenvalue weighted by Crippen LogP contribution is -2.51. The molecule has 1 aliphatic heterocycles. The zero-order chi connectivity index (χ0) is 18.8.